The first-order chi connectivity index (χ1) is 12.6. The molecular weight excluding hydrogens is 367 g/mol. The number of anilines is 1. The van der Waals surface area contributed by atoms with E-state index >= 15 is 0 Å². The van der Waals surface area contributed by atoms with Crippen molar-refractivity contribution in [3.05, 3.63) is 65.0 Å². The molecule has 1 amide bonds. The Morgan fingerprint density at radius 1 is 1.11 bits per heavy atom. The molecule has 146 valence electrons. The molecule has 2 aromatic carbocycles. The van der Waals surface area contributed by atoms with E-state index in [-0.39, 0.29) is 12.4 Å². The first-order valence-corrected chi connectivity index (χ1v) is 10.6. The topological polar surface area (TPSA) is 66.5 Å². The van der Waals surface area contributed by atoms with Crippen molar-refractivity contribution >= 4 is 21.6 Å². The van der Waals surface area contributed by atoms with Crippen LogP contribution in [-0.2, 0) is 21.4 Å². The molecule has 5 nitrogen and oxygen atoms in total. The van der Waals surface area contributed by atoms with E-state index in [2.05, 4.69) is 5.32 Å². The lowest BCUT2D eigenvalue weighted by Crippen LogP contribution is -2.49. The molecule has 0 aliphatic carbocycles. The van der Waals surface area contributed by atoms with E-state index in [1.165, 1.54) is 16.4 Å². The number of nitrogens with zero attached hydrogens (tertiary/aromatic N) is 1. The van der Waals surface area contributed by atoms with Crippen molar-refractivity contribution in [3.8, 4) is 0 Å². The minimum atomic E-state index is -3.67. The van der Waals surface area contributed by atoms with Crippen LogP contribution in [0.25, 0.3) is 0 Å². The number of rotatable bonds is 7. The van der Waals surface area contributed by atoms with Crippen LogP contribution >= 0.6 is 0 Å². The minimum absolute atomic E-state index is 0.195. The zero-order valence-electron chi connectivity index (χ0n) is 16.0. The zero-order valence-corrected chi connectivity index (χ0v) is 16.8. The molecule has 2 aromatic rings. The summed E-state index contributed by atoms with van der Waals surface area (Å²) < 4.78 is 39.1. The van der Waals surface area contributed by atoms with E-state index in [9.17, 15) is 17.6 Å². The lowest BCUT2D eigenvalue weighted by atomic mass is 10.1. The Morgan fingerprint density at radius 3 is 2.15 bits per heavy atom. The monoisotopic (exact) mass is 392 g/mol. The molecule has 0 aromatic heterocycles. The maximum Gasteiger partial charge on any atom is 0.244 e. The third-order valence-electron chi connectivity index (χ3n) is 4.17. The summed E-state index contributed by atoms with van der Waals surface area (Å²) in [5.74, 6) is -0.749. The summed E-state index contributed by atoms with van der Waals surface area (Å²) >= 11 is 0. The van der Waals surface area contributed by atoms with Crippen molar-refractivity contribution in [1.82, 2.24) is 5.32 Å². The van der Waals surface area contributed by atoms with Crippen LogP contribution in [0, 0.1) is 19.7 Å². The molecule has 0 spiro atoms. The Hall–Kier alpha value is -2.41. The Kier molecular flexibility index (Phi) is 6.59. The molecular formula is C20H25FN2O3S. The summed E-state index contributed by atoms with van der Waals surface area (Å²) in [7, 11) is -3.67. The number of carbonyl (C=O) groups is 1. The second kappa shape index (κ2) is 8.52. The highest BCUT2D eigenvalue weighted by atomic mass is 32.2. The number of halogens is 1. The molecule has 0 saturated carbocycles. The highest BCUT2D eigenvalue weighted by Gasteiger charge is 2.31. The molecule has 2 rings (SSSR count). The predicted molar refractivity (Wildman–Crippen MR) is 106 cm³/mol. The van der Waals surface area contributed by atoms with Crippen molar-refractivity contribution in [3.63, 3.8) is 0 Å². The maximum absolute atomic E-state index is 13.0. The van der Waals surface area contributed by atoms with Gasteiger partial charge in [0.05, 0.1) is 11.9 Å². The SMILES string of the molecule is CC[C@H](C(=O)NCc1ccc(F)cc1)N(c1cc(C)cc(C)c1)S(C)(=O)=O. The van der Waals surface area contributed by atoms with E-state index < -0.39 is 22.0 Å². The van der Waals surface area contributed by atoms with Crippen molar-refractivity contribution in [2.24, 2.45) is 0 Å². The normalized spacial score (nSPS) is 12.5. The molecule has 7 heteroatoms. The number of nitrogens with one attached hydrogen (secondary N) is 1. The van der Waals surface area contributed by atoms with Gasteiger partial charge in [0.15, 0.2) is 0 Å². The number of hydrogen-bond donors (Lipinski definition) is 1. The molecule has 0 radical (unpaired) electrons. The minimum Gasteiger partial charge on any atom is -0.350 e. The van der Waals surface area contributed by atoms with Crippen LogP contribution < -0.4 is 9.62 Å². The van der Waals surface area contributed by atoms with Gasteiger partial charge < -0.3 is 5.32 Å². The molecule has 0 saturated heterocycles. The fraction of sp³-hybridized carbons (Fsp3) is 0.350. The van der Waals surface area contributed by atoms with Gasteiger partial charge in [0.25, 0.3) is 0 Å². The Balaban J connectivity index is 2.28. The van der Waals surface area contributed by atoms with E-state index in [0.29, 0.717) is 12.1 Å². The molecule has 0 bridgehead atoms. The summed E-state index contributed by atoms with van der Waals surface area (Å²) in [5, 5.41) is 2.75. The van der Waals surface area contributed by atoms with Crippen LogP contribution in [0.1, 0.15) is 30.0 Å². The van der Waals surface area contributed by atoms with Crippen LogP contribution in [0.15, 0.2) is 42.5 Å². The summed E-state index contributed by atoms with van der Waals surface area (Å²) in [4.78, 5) is 12.8. The van der Waals surface area contributed by atoms with Gasteiger partial charge in [-0.05, 0) is 61.2 Å². The first kappa shape index (κ1) is 20.9. The molecule has 0 aliphatic heterocycles. The lowest BCUT2D eigenvalue weighted by Gasteiger charge is -2.30. The summed E-state index contributed by atoms with van der Waals surface area (Å²) in [6.07, 6.45) is 1.41. The van der Waals surface area contributed by atoms with Gasteiger partial charge in [0.1, 0.15) is 11.9 Å². The van der Waals surface area contributed by atoms with Gasteiger partial charge in [-0.1, -0.05) is 25.1 Å². The van der Waals surface area contributed by atoms with E-state index in [1.807, 2.05) is 19.9 Å². The van der Waals surface area contributed by atoms with Crippen LogP contribution in [0.4, 0.5) is 10.1 Å². The Labute approximate surface area is 160 Å². The molecule has 0 fully saturated rings. The second-order valence-electron chi connectivity index (χ2n) is 6.67. The second-order valence-corrected chi connectivity index (χ2v) is 8.53. The average molecular weight is 392 g/mol. The standard InChI is InChI=1S/C20H25FN2O3S/c1-5-19(20(24)22-13-16-6-8-17(21)9-7-16)23(27(4,25)26)18-11-14(2)10-15(3)12-18/h6-12,19H,5,13H2,1-4H3,(H,22,24)/t19-/m1/s1. The molecule has 27 heavy (non-hydrogen) atoms. The Morgan fingerprint density at radius 2 is 1.67 bits per heavy atom. The van der Waals surface area contributed by atoms with Gasteiger partial charge in [0.2, 0.25) is 15.9 Å². The van der Waals surface area contributed by atoms with Crippen LogP contribution in [0.2, 0.25) is 0 Å². The molecule has 0 aliphatic rings. The van der Waals surface area contributed by atoms with Crippen LogP contribution in [0.5, 0.6) is 0 Å². The predicted octanol–water partition coefficient (Wildman–Crippen LogP) is 3.30. The fourth-order valence-electron chi connectivity index (χ4n) is 3.05. The van der Waals surface area contributed by atoms with E-state index in [0.717, 1.165) is 22.9 Å². The average Bonchev–Trinajstić information content (AvgIpc) is 2.56. The van der Waals surface area contributed by atoms with Crippen LogP contribution in [0.3, 0.4) is 0 Å². The van der Waals surface area contributed by atoms with E-state index in [4.69, 9.17) is 0 Å². The van der Waals surface area contributed by atoms with Gasteiger partial charge in [-0.2, -0.15) is 0 Å². The van der Waals surface area contributed by atoms with Crippen molar-refractivity contribution in [2.75, 3.05) is 10.6 Å². The van der Waals surface area contributed by atoms with Gasteiger partial charge in [-0.25, -0.2) is 12.8 Å². The van der Waals surface area contributed by atoms with Crippen molar-refractivity contribution in [2.45, 2.75) is 39.8 Å². The molecule has 1 N–H and O–H groups in total. The molecule has 1 atom stereocenters. The van der Waals surface area contributed by atoms with E-state index in [1.54, 1.807) is 31.2 Å². The van der Waals surface area contributed by atoms with Crippen LogP contribution in [-0.4, -0.2) is 26.6 Å². The summed E-state index contributed by atoms with van der Waals surface area (Å²) in [5.41, 5.74) is 3.04. The number of aryl methyl sites for hydroxylation is 2. The third-order valence-corrected chi connectivity index (χ3v) is 5.35. The number of amides is 1. The number of hydrogen-bond acceptors (Lipinski definition) is 3. The third kappa shape index (κ3) is 5.53. The number of sulfonamides is 1. The fourth-order valence-corrected chi connectivity index (χ4v) is 4.24. The molecule has 0 heterocycles. The zero-order chi connectivity index (χ0) is 20.2. The highest BCUT2D eigenvalue weighted by molar-refractivity contribution is 7.92. The van der Waals surface area contributed by atoms with Gasteiger partial charge in [0, 0.05) is 6.54 Å². The summed E-state index contributed by atoms with van der Waals surface area (Å²) in [6, 6.07) is 10.4. The van der Waals surface area contributed by atoms with Gasteiger partial charge in [-0.15, -0.1) is 0 Å². The smallest absolute Gasteiger partial charge is 0.244 e. The van der Waals surface area contributed by atoms with Crippen molar-refractivity contribution in [1.29, 1.82) is 0 Å². The largest absolute Gasteiger partial charge is 0.350 e. The maximum atomic E-state index is 13.0. The Bertz CT molecular complexity index is 891. The van der Waals surface area contributed by atoms with Crippen molar-refractivity contribution < 1.29 is 17.6 Å². The van der Waals surface area contributed by atoms with Gasteiger partial charge in [-0.3, -0.25) is 9.10 Å². The number of benzene rings is 2. The number of carbonyl (C=O) groups excluding carboxylic acids is 1. The summed E-state index contributed by atoms with van der Waals surface area (Å²) in [6.45, 7) is 5.72. The highest BCUT2D eigenvalue weighted by Crippen LogP contribution is 2.25. The van der Waals surface area contributed by atoms with Gasteiger partial charge >= 0.3 is 0 Å². The lowest BCUT2D eigenvalue weighted by molar-refractivity contribution is -0.122. The first-order valence-electron chi connectivity index (χ1n) is 8.71. The molecule has 0 unspecified atom stereocenters. The quantitative estimate of drug-likeness (QED) is 0.786.